The molecule has 0 unspecified atom stereocenters. The van der Waals surface area contributed by atoms with Crippen LogP contribution in [0.2, 0.25) is 0 Å². The Morgan fingerprint density at radius 1 is 1.18 bits per heavy atom. The molecule has 1 fully saturated rings. The number of likely N-dealkylation sites (tertiary alicyclic amines) is 1. The Kier molecular flexibility index (Phi) is 4.90. The van der Waals surface area contributed by atoms with Crippen molar-refractivity contribution in [3.8, 4) is 0 Å². The molecule has 1 aliphatic heterocycles. The Morgan fingerprint density at radius 2 is 2.00 bits per heavy atom. The van der Waals surface area contributed by atoms with E-state index in [1.165, 1.54) is 24.2 Å². The fourth-order valence-electron chi connectivity index (χ4n) is 3.40. The van der Waals surface area contributed by atoms with Crippen LogP contribution in [-0.2, 0) is 20.1 Å². The molecule has 4 heteroatoms. The molecule has 0 saturated carbocycles. The highest BCUT2D eigenvalue weighted by molar-refractivity contribution is 5.14. The van der Waals surface area contributed by atoms with Gasteiger partial charge in [-0.15, -0.1) is 0 Å². The van der Waals surface area contributed by atoms with Crippen LogP contribution in [0.5, 0.6) is 0 Å². The third-order valence-electron chi connectivity index (χ3n) is 4.48. The zero-order valence-electron chi connectivity index (χ0n) is 13.6. The minimum Gasteiger partial charge on any atom is -0.307 e. The number of nitrogens with zero attached hydrogens (tertiary/aromatic N) is 3. The van der Waals surface area contributed by atoms with E-state index in [-0.39, 0.29) is 0 Å². The van der Waals surface area contributed by atoms with Gasteiger partial charge in [-0.25, -0.2) is 0 Å². The summed E-state index contributed by atoms with van der Waals surface area (Å²) in [6, 6.07) is 13.4. The quantitative estimate of drug-likeness (QED) is 0.920. The second-order valence-corrected chi connectivity index (χ2v) is 6.54. The number of nitrogens with one attached hydrogen (secondary N) is 1. The molecule has 0 aliphatic carbocycles. The first-order chi connectivity index (χ1) is 10.7. The van der Waals surface area contributed by atoms with Gasteiger partial charge in [0.2, 0.25) is 0 Å². The van der Waals surface area contributed by atoms with E-state index in [0.29, 0.717) is 6.04 Å². The number of piperidine rings is 1. The first-order valence-electron chi connectivity index (χ1n) is 8.17. The minimum absolute atomic E-state index is 0.558. The molecule has 1 N–H and O–H groups in total. The van der Waals surface area contributed by atoms with Gasteiger partial charge in [0.15, 0.2) is 0 Å². The summed E-state index contributed by atoms with van der Waals surface area (Å²) < 4.78 is 1.95. The van der Waals surface area contributed by atoms with Gasteiger partial charge in [-0.1, -0.05) is 37.3 Å². The zero-order valence-corrected chi connectivity index (χ0v) is 13.6. The third kappa shape index (κ3) is 3.96. The van der Waals surface area contributed by atoms with Crippen molar-refractivity contribution in [2.24, 2.45) is 13.0 Å². The lowest BCUT2D eigenvalue weighted by atomic mass is 9.95. The topological polar surface area (TPSA) is 33.1 Å². The van der Waals surface area contributed by atoms with Gasteiger partial charge in [0.1, 0.15) is 0 Å². The van der Waals surface area contributed by atoms with Crippen molar-refractivity contribution in [1.82, 2.24) is 20.0 Å². The fraction of sp³-hybridized carbons (Fsp3) is 0.500. The molecule has 0 bridgehead atoms. The van der Waals surface area contributed by atoms with Gasteiger partial charge in [0, 0.05) is 45.5 Å². The van der Waals surface area contributed by atoms with Crippen LogP contribution in [0, 0.1) is 5.92 Å². The van der Waals surface area contributed by atoms with Crippen LogP contribution in [0.1, 0.15) is 24.6 Å². The third-order valence-corrected chi connectivity index (χ3v) is 4.48. The highest BCUT2D eigenvalue weighted by atomic mass is 15.3. The lowest BCUT2D eigenvalue weighted by molar-refractivity contribution is 0.141. The number of hydrogen-bond donors (Lipinski definition) is 1. The summed E-state index contributed by atoms with van der Waals surface area (Å²) in [5.41, 5.74) is 2.65. The summed E-state index contributed by atoms with van der Waals surface area (Å²) in [4.78, 5) is 2.57. The maximum Gasteiger partial charge on any atom is 0.0518 e. The molecule has 22 heavy (non-hydrogen) atoms. The molecule has 118 valence electrons. The van der Waals surface area contributed by atoms with Crippen LogP contribution in [0.25, 0.3) is 0 Å². The number of hydrogen-bond acceptors (Lipinski definition) is 3. The predicted octanol–water partition coefficient (Wildman–Crippen LogP) is 2.42. The van der Waals surface area contributed by atoms with Gasteiger partial charge in [-0.2, -0.15) is 5.10 Å². The molecular formula is C18H26N4. The van der Waals surface area contributed by atoms with Crippen molar-refractivity contribution in [2.45, 2.75) is 32.5 Å². The summed E-state index contributed by atoms with van der Waals surface area (Å²) in [5.74, 6) is 0.737. The van der Waals surface area contributed by atoms with Crippen LogP contribution < -0.4 is 5.32 Å². The van der Waals surface area contributed by atoms with Crippen LogP contribution in [0.4, 0.5) is 0 Å². The molecule has 1 aliphatic rings. The molecule has 1 aromatic heterocycles. The number of aryl methyl sites for hydroxylation is 1. The number of rotatable bonds is 5. The Hall–Kier alpha value is -1.65. The Morgan fingerprint density at radius 3 is 2.73 bits per heavy atom. The van der Waals surface area contributed by atoms with E-state index in [9.17, 15) is 0 Å². The van der Waals surface area contributed by atoms with Crippen molar-refractivity contribution in [3.05, 3.63) is 53.9 Å². The average molecular weight is 298 g/mol. The van der Waals surface area contributed by atoms with Crippen LogP contribution >= 0.6 is 0 Å². The maximum atomic E-state index is 4.23. The van der Waals surface area contributed by atoms with Gasteiger partial charge in [0.25, 0.3) is 0 Å². The molecule has 0 radical (unpaired) electrons. The Balaban J connectivity index is 1.55. The van der Waals surface area contributed by atoms with E-state index in [1.54, 1.807) is 0 Å². The van der Waals surface area contributed by atoms with Crippen molar-refractivity contribution in [3.63, 3.8) is 0 Å². The van der Waals surface area contributed by atoms with E-state index in [2.05, 4.69) is 58.6 Å². The fourth-order valence-corrected chi connectivity index (χ4v) is 3.40. The molecule has 2 atom stereocenters. The van der Waals surface area contributed by atoms with Gasteiger partial charge < -0.3 is 5.32 Å². The molecule has 2 heterocycles. The number of benzene rings is 1. The van der Waals surface area contributed by atoms with Gasteiger partial charge in [-0.05, 0) is 24.0 Å². The van der Waals surface area contributed by atoms with Crippen LogP contribution in [0.3, 0.4) is 0 Å². The second kappa shape index (κ2) is 7.07. The van der Waals surface area contributed by atoms with E-state index in [0.717, 1.165) is 25.6 Å². The zero-order chi connectivity index (χ0) is 15.4. The highest BCUT2D eigenvalue weighted by Gasteiger charge is 2.24. The van der Waals surface area contributed by atoms with Crippen molar-refractivity contribution in [2.75, 3.05) is 13.1 Å². The predicted molar refractivity (Wildman–Crippen MR) is 89.3 cm³/mol. The molecule has 0 spiro atoms. The normalized spacial score (nSPS) is 22.8. The minimum atomic E-state index is 0.558. The van der Waals surface area contributed by atoms with Gasteiger partial charge in [-0.3, -0.25) is 9.58 Å². The monoisotopic (exact) mass is 298 g/mol. The summed E-state index contributed by atoms with van der Waals surface area (Å²) >= 11 is 0. The van der Waals surface area contributed by atoms with Gasteiger partial charge >= 0.3 is 0 Å². The lowest BCUT2D eigenvalue weighted by Gasteiger charge is -2.37. The maximum absolute atomic E-state index is 4.23. The number of aromatic nitrogens is 2. The van der Waals surface area contributed by atoms with Gasteiger partial charge in [0.05, 0.1) is 5.69 Å². The molecule has 4 nitrogen and oxygen atoms in total. The summed E-state index contributed by atoms with van der Waals surface area (Å²) in [6.07, 6.45) is 3.12. The van der Waals surface area contributed by atoms with Crippen LogP contribution in [-0.4, -0.2) is 33.8 Å². The van der Waals surface area contributed by atoms with E-state index in [4.69, 9.17) is 0 Å². The molecule has 3 rings (SSSR count). The Labute approximate surface area is 133 Å². The molecular weight excluding hydrogens is 272 g/mol. The van der Waals surface area contributed by atoms with Crippen molar-refractivity contribution < 1.29 is 0 Å². The van der Waals surface area contributed by atoms with Crippen molar-refractivity contribution in [1.29, 1.82) is 0 Å². The summed E-state index contributed by atoms with van der Waals surface area (Å²) in [7, 11) is 2.00. The molecule has 0 amide bonds. The van der Waals surface area contributed by atoms with Crippen molar-refractivity contribution >= 4 is 0 Å². The molecule has 2 aromatic rings. The van der Waals surface area contributed by atoms with Crippen LogP contribution in [0.15, 0.2) is 42.6 Å². The largest absolute Gasteiger partial charge is 0.307 e. The van der Waals surface area contributed by atoms with E-state index >= 15 is 0 Å². The average Bonchev–Trinajstić information content (AvgIpc) is 2.91. The first kappa shape index (κ1) is 15.3. The second-order valence-electron chi connectivity index (χ2n) is 6.54. The Bertz CT molecular complexity index is 578. The molecule has 1 saturated heterocycles. The first-order valence-corrected chi connectivity index (χ1v) is 8.17. The van der Waals surface area contributed by atoms with E-state index in [1.807, 2.05) is 17.9 Å². The highest BCUT2D eigenvalue weighted by Crippen LogP contribution is 2.19. The summed E-state index contributed by atoms with van der Waals surface area (Å²) in [5, 5.41) is 7.94. The smallest absolute Gasteiger partial charge is 0.0518 e. The lowest BCUT2D eigenvalue weighted by Crippen LogP contribution is -2.48. The SMILES string of the molecule is C[C@H]1C[C@@H](NCc2ccnn2C)CN(Cc2ccccc2)C1. The van der Waals surface area contributed by atoms with E-state index < -0.39 is 0 Å². The summed E-state index contributed by atoms with van der Waals surface area (Å²) in [6.45, 7) is 6.62. The standard InChI is InChI=1S/C18H26N4/c1-15-10-17(19-11-18-8-9-20-21(18)2)14-22(12-15)13-16-6-4-3-5-7-16/h3-9,15,17,19H,10-14H2,1-2H3/t15-,17+/m0/s1. The molecule has 1 aromatic carbocycles.